The average Bonchev–Trinajstić information content (AvgIpc) is 2.85. The molecule has 1 aliphatic heterocycles. The second kappa shape index (κ2) is 6.72. The molecule has 0 aromatic heterocycles. The molecule has 1 heterocycles. The van der Waals surface area contributed by atoms with Crippen molar-refractivity contribution in [3.8, 4) is 0 Å². The van der Waals surface area contributed by atoms with Gasteiger partial charge in [-0.05, 0) is 44.6 Å². The van der Waals surface area contributed by atoms with Gasteiger partial charge < -0.3 is 15.4 Å². The molecule has 2 fully saturated rings. The van der Waals surface area contributed by atoms with Crippen LogP contribution < -0.4 is 5.73 Å². The smallest absolute Gasteiger partial charge is 0.0469 e. The van der Waals surface area contributed by atoms with Crippen LogP contribution in [0.3, 0.4) is 0 Å². The van der Waals surface area contributed by atoms with Crippen LogP contribution in [0.25, 0.3) is 0 Å². The molecule has 1 atom stereocenters. The fourth-order valence-corrected chi connectivity index (χ4v) is 3.55. The van der Waals surface area contributed by atoms with Crippen LogP contribution in [-0.2, 0) is 4.74 Å². The van der Waals surface area contributed by atoms with E-state index < -0.39 is 0 Å². The summed E-state index contributed by atoms with van der Waals surface area (Å²) in [6.07, 6.45) is 8.05. The maximum Gasteiger partial charge on any atom is 0.0469 e. The van der Waals surface area contributed by atoms with Gasteiger partial charge in [0, 0.05) is 32.3 Å². The molecule has 1 saturated heterocycles. The largest absolute Gasteiger partial charge is 0.381 e. The van der Waals surface area contributed by atoms with E-state index in [1.807, 2.05) is 0 Å². The Kier molecular flexibility index (Phi) is 5.26. The van der Waals surface area contributed by atoms with E-state index >= 15 is 0 Å². The summed E-state index contributed by atoms with van der Waals surface area (Å²) < 4.78 is 5.42. The number of likely N-dealkylation sites (N-methyl/N-ethyl adjacent to an activating group) is 1. The Morgan fingerprint density at radius 1 is 1.18 bits per heavy atom. The summed E-state index contributed by atoms with van der Waals surface area (Å²) in [6, 6.07) is 0.611. The predicted octanol–water partition coefficient (Wildman–Crippen LogP) is 1.86. The molecule has 0 radical (unpaired) electrons. The molecule has 100 valence electrons. The van der Waals surface area contributed by atoms with E-state index in [2.05, 4.69) is 11.9 Å². The number of nitrogens with zero attached hydrogens (tertiary/aromatic N) is 1. The minimum Gasteiger partial charge on any atom is -0.381 e. The van der Waals surface area contributed by atoms with E-state index in [1.165, 1.54) is 45.1 Å². The molecule has 0 bridgehead atoms. The third-order valence-electron chi connectivity index (χ3n) is 4.64. The van der Waals surface area contributed by atoms with Crippen LogP contribution in [0.15, 0.2) is 0 Å². The standard InChI is InChI=1S/C14H28N2O/c1-16(11-12-6-8-17-9-7-12)14(10-15)13-4-2-3-5-13/h12-14H,2-11,15H2,1H3. The second-order valence-corrected chi connectivity index (χ2v) is 5.84. The quantitative estimate of drug-likeness (QED) is 0.797. The van der Waals surface area contributed by atoms with Crippen molar-refractivity contribution in [2.24, 2.45) is 17.6 Å². The highest BCUT2D eigenvalue weighted by Crippen LogP contribution is 2.30. The SMILES string of the molecule is CN(CC1CCOCC1)C(CN)C1CCCC1. The van der Waals surface area contributed by atoms with Gasteiger partial charge in [-0.15, -0.1) is 0 Å². The van der Waals surface area contributed by atoms with Crippen LogP contribution in [0.2, 0.25) is 0 Å². The maximum absolute atomic E-state index is 5.99. The zero-order valence-electron chi connectivity index (χ0n) is 11.2. The number of nitrogens with two attached hydrogens (primary N) is 1. The highest BCUT2D eigenvalue weighted by atomic mass is 16.5. The van der Waals surface area contributed by atoms with E-state index in [0.29, 0.717) is 6.04 Å². The molecule has 1 unspecified atom stereocenters. The van der Waals surface area contributed by atoms with Gasteiger partial charge in [0.2, 0.25) is 0 Å². The molecule has 3 nitrogen and oxygen atoms in total. The van der Waals surface area contributed by atoms with Crippen LogP contribution in [0.1, 0.15) is 38.5 Å². The van der Waals surface area contributed by atoms with Crippen molar-refractivity contribution in [2.45, 2.75) is 44.6 Å². The first-order valence-electron chi connectivity index (χ1n) is 7.29. The number of ether oxygens (including phenoxy) is 1. The van der Waals surface area contributed by atoms with Gasteiger partial charge in [-0.25, -0.2) is 0 Å². The summed E-state index contributed by atoms with van der Waals surface area (Å²) in [6.45, 7) is 3.94. The molecule has 0 aromatic rings. The molecular formula is C14H28N2O. The van der Waals surface area contributed by atoms with Crippen LogP contribution in [-0.4, -0.2) is 44.3 Å². The number of hydrogen-bond acceptors (Lipinski definition) is 3. The number of rotatable bonds is 5. The van der Waals surface area contributed by atoms with Gasteiger partial charge in [0.25, 0.3) is 0 Å². The van der Waals surface area contributed by atoms with Gasteiger partial charge >= 0.3 is 0 Å². The molecule has 17 heavy (non-hydrogen) atoms. The maximum atomic E-state index is 5.99. The minimum absolute atomic E-state index is 0.611. The fourth-order valence-electron chi connectivity index (χ4n) is 3.55. The molecule has 0 amide bonds. The number of hydrogen-bond donors (Lipinski definition) is 1. The highest BCUT2D eigenvalue weighted by molar-refractivity contribution is 4.83. The van der Waals surface area contributed by atoms with Crippen molar-refractivity contribution in [1.82, 2.24) is 4.90 Å². The predicted molar refractivity (Wildman–Crippen MR) is 71.0 cm³/mol. The Morgan fingerprint density at radius 3 is 2.41 bits per heavy atom. The van der Waals surface area contributed by atoms with E-state index in [-0.39, 0.29) is 0 Å². The van der Waals surface area contributed by atoms with E-state index in [1.54, 1.807) is 0 Å². The summed E-state index contributed by atoms with van der Waals surface area (Å²) in [5.41, 5.74) is 5.99. The second-order valence-electron chi connectivity index (χ2n) is 5.84. The Balaban J connectivity index is 1.80. The van der Waals surface area contributed by atoms with Crippen LogP contribution in [0.4, 0.5) is 0 Å². The summed E-state index contributed by atoms with van der Waals surface area (Å²) in [5, 5.41) is 0. The van der Waals surface area contributed by atoms with Crippen LogP contribution >= 0.6 is 0 Å². The molecule has 2 aliphatic rings. The van der Waals surface area contributed by atoms with Crippen molar-refractivity contribution < 1.29 is 4.74 Å². The Labute approximate surface area is 106 Å². The van der Waals surface area contributed by atoms with Gasteiger partial charge in [0.05, 0.1) is 0 Å². The lowest BCUT2D eigenvalue weighted by atomic mass is 9.94. The first kappa shape index (κ1) is 13.3. The molecule has 2 N–H and O–H groups in total. The Bertz CT molecular complexity index is 210. The van der Waals surface area contributed by atoms with Crippen molar-refractivity contribution >= 4 is 0 Å². The summed E-state index contributed by atoms with van der Waals surface area (Å²) in [5.74, 6) is 1.68. The van der Waals surface area contributed by atoms with Gasteiger partial charge in [0.1, 0.15) is 0 Å². The lowest BCUT2D eigenvalue weighted by Gasteiger charge is -2.35. The average molecular weight is 240 g/mol. The molecule has 0 aromatic carbocycles. The molecule has 2 rings (SSSR count). The van der Waals surface area contributed by atoms with Crippen molar-refractivity contribution in [2.75, 3.05) is 33.4 Å². The van der Waals surface area contributed by atoms with Gasteiger partial charge in [-0.1, -0.05) is 12.8 Å². The topological polar surface area (TPSA) is 38.5 Å². The molecule has 1 saturated carbocycles. The normalized spacial score (nSPS) is 25.6. The zero-order valence-corrected chi connectivity index (χ0v) is 11.2. The summed E-state index contributed by atoms with van der Waals surface area (Å²) >= 11 is 0. The van der Waals surface area contributed by atoms with Crippen molar-refractivity contribution in [1.29, 1.82) is 0 Å². The van der Waals surface area contributed by atoms with Crippen molar-refractivity contribution in [3.63, 3.8) is 0 Å². The molecule has 1 aliphatic carbocycles. The summed E-state index contributed by atoms with van der Waals surface area (Å²) in [4.78, 5) is 2.53. The third kappa shape index (κ3) is 3.67. The van der Waals surface area contributed by atoms with Crippen LogP contribution in [0, 0.1) is 11.8 Å². The Morgan fingerprint density at radius 2 is 1.82 bits per heavy atom. The van der Waals surface area contributed by atoms with Gasteiger partial charge in [0.15, 0.2) is 0 Å². The van der Waals surface area contributed by atoms with Gasteiger partial charge in [-0.3, -0.25) is 0 Å². The minimum atomic E-state index is 0.611. The Hall–Kier alpha value is -0.120. The molecular weight excluding hydrogens is 212 g/mol. The zero-order chi connectivity index (χ0) is 12.1. The monoisotopic (exact) mass is 240 g/mol. The lowest BCUT2D eigenvalue weighted by molar-refractivity contribution is 0.0461. The first-order chi connectivity index (χ1) is 8.31. The highest BCUT2D eigenvalue weighted by Gasteiger charge is 2.28. The van der Waals surface area contributed by atoms with E-state index in [9.17, 15) is 0 Å². The first-order valence-corrected chi connectivity index (χ1v) is 7.29. The third-order valence-corrected chi connectivity index (χ3v) is 4.64. The van der Waals surface area contributed by atoms with Gasteiger partial charge in [-0.2, -0.15) is 0 Å². The van der Waals surface area contributed by atoms with Crippen molar-refractivity contribution in [3.05, 3.63) is 0 Å². The lowest BCUT2D eigenvalue weighted by Crippen LogP contribution is -2.45. The van der Waals surface area contributed by atoms with E-state index in [0.717, 1.165) is 31.6 Å². The summed E-state index contributed by atoms with van der Waals surface area (Å²) in [7, 11) is 2.27. The molecule has 3 heteroatoms. The fraction of sp³-hybridized carbons (Fsp3) is 1.00. The van der Waals surface area contributed by atoms with Crippen LogP contribution in [0.5, 0.6) is 0 Å². The van der Waals surface area contributed by atoms with E-state index in [4.69, 9.17) is 10.5 Å². The molecule has 0 spiro atoms.